The molecular formula is C37H25N3O. The van der Waals surface area contributed by atoms with Gasteiger partial charge in [-0.1, -0.05) is 121 Å². The Hall–Kier alpha value is -5.61. The van der Waals surface area contributed by atoms with Crippen LogP contribution >= 0.6 is 0 Å². The lowest BCUT2D eigenvalue weighted by atomic mass is 9.99. The molecule has 4 heteroatoms. The fraction of sp³-hybridized carbons (Fsp3) is 0. The Balaban J connectivity index is 1.34. The fourth-order valence-electron chi connectivity index (χ4n) is 5.24. The van der Waals surface area contributed by atoms with Crippen molar-refractivity contribution in [1.29, 1.82) is 5.41 Å². The first-order valence-electron chi connectivity index (χ1n) is 13.5. The van der Waals surface area contributed by atoms with Gasteiger partial charge in [-0.2, -0.15) is 0 Å². The van der Waals surface area contributed by atoms with Crippen LogP contribution in [0, 0.1) is 5.41 Å². The number of benzene rings is 6. The second-order valence-electron chi connectivity index (χ2n) is 9.84. The van der Waals surface area contributed by atoms with Gasteiger partial charge in [-0.05, 0) is 45.7 Å². The van der Waals surface area contributed by atoms with Crippen LogP contribution in [0.5, 0.6) is 0 Å². The third-order valence-electron chi connectivity index (χ3n) is 7.24. The van der Waals surface area contributed by atoms with Crippen LogP contribution in [0.25, 0.3) is 43.8 Å². The van der Waals surface area contributed by atoms with E-state index in [1.807, 2.05) is 103 Å². The molecule has 0 atom stereocenters. The average Bonchev–Trinajstić information content (AvgIpc) is 3.42. The molecular weight excluding hydrogens is 502 g/mol. The van der Waals surface area contributed by atoms with Crippen LogP contribution in [-0.4, -0.2) is 17.9 Å². The smallest absolute Gasteiger partial charge is 0.162 e. The Morgan fingerprint density at radius 3 is 2.22 bits per heavy atom. The maximum atomic E-state index is 9.01. The molecule has 0 aliphatic carbocycles. The van der Waals surface area contributed by atoms with E-state index in [9.17, 15) is 0 Å². The number of nitrogens with one attached hydrogen (secondary N) is 1. The van der Waals surface area contributed by atoms with Crippen molar-refractivity contribution in [2.75, 3.05) is 0 Å². The topological polar surface area (TPSA) is 61.7 Å². The van der Waals surface area contributed by atoms with Gasteiger partial charge >= 0.3 is 0 Å². The van der Waals surface area contributed by atoms with Gasteiger partial charge in [0.05, 0.1) is 0 Å². The molecule has 0 radical (unpaired) electrons. The van der Waals surface area contributed by atoms with E-state index in [4.69, 9.17) is 19.8 Å². The molecule has 1 N–H and O–H groups in total. The van der Waals surface area contributed by atoms with Crippen molar-refractivity contribution in [3.05, 3.63) is 156 Å². The van der Waals surface area contributed by atoms with E-state index in [1.165, 1.54) is 5.39 Å². The first-order chi connectivity index (χ1) is 20.2. The summed E-state index contributed by atoms with van der Waals surface area (Å²) in [6.07, 6.45) is 1.79. The number of aliphatic imine (C=N–C) groups is 2. The van der Waals surface area contributed by atoms with Crippen molar-refractivity contribution >= 4 is 50.6 Å². The molecule has 1 heterocycles. The predicted octanol–water partition coefficient (Wildman–Crippen LogP) is 9.30. The molecule has 0 aliphatic rings. The Bertz CT molecular complexity index is 2110. The Kier molecular flexibility index (Phi) is 6.26. The maximum Gasteiger partial charge on any atom is 0.162 e. The SMILES string of the molecule is N=C(N=C(N=Cc1ccccc1)c1ccccc1-c1ccccc1)c1ccc2c(c1)oc1ccc3ccccc3c12. The fourth-order valence-corrected chi connectivity index (χ4v) is 5.24. The van der Waals surface area contributed by atoms with Gasteiger partial charge in [0.2, 0.25) is 0 Å². The predicted molar refractivity (Wildman–Crippen MR) is 171 cm³/mol. The van der Waals surface area contributed by atoms with Crippen LogP contribution in [0.3, 0.4) is 0 Å². The van der Waals surface area contributed by atoms with Crippen molar-refractivity contribution in [2.45, 2.75) is 0 Å². The van der Waals surface area contributed by atoms with Crippen LogP contribution in [0.1, 0.15) is 16.7 Å². The van der Waals surface area contributed by atoms with Gasteiger partial charge in [0.15, 0.2) is 11.7 Å². The summed E-state index contributed by atoms with van der Waals surface area (Å²) in [6.45, 7) is 0. The van der Waals surface area contributed by atoms with Crippen molar-refractivity contribution in [2.24, 2.45) is 9.98 Å². The molecule has 0 amide bonds. The molecule has 7 aromatic rings. The van der Waals surface area contributed by atoms with Crippen LogP contribution in [-0.2, 0) is 0 Å². The van der Waals surface area contributed by atoms with Gasteiger partial charge in [-0.3, -0.25) is 5.41 Å². The monoisotopic (exact) mass is 527 g/mol. The minimum atomic E-state index is 0.111. The summed E-state index contributed by atoms with van der Waals surface area (Å²) >= 11 is 0. The molecule has 0 saturated carbocycles. The van der Waals surface area contributed by atoms with E-state index in [0.717, 1.165) is 49.6 Å². The van der Waals surface area contributed by atoms with E-state index < -0.39 is 0 Å². The largest absolute Gasteiger partial charge is 0.456 e. The van der Waals surface area contributed by atoms with E-state index in [1.54, 1.807) is 6.21 Å². The lowest BCUT2D eigenvalue weighted by Gasteiger charge is -2.10. The number of hydrogen-bond acceptors (Lipinski definition) is 2. The van der Waals surface area contributed by atoms with Crippen molar-refractivity contribution in [3.8, 4) is 11.1 Å². The van der Waals surface area contributed by atoms with Crippen LogP contribution in [0.15, 0.2) is 154 Å². The number of amidine groups is 2. The summed E-state index contributed by atoms with van der Waals surface area (Å²) < 4.78 is 6.25. The molecule has 1 aromatic heterocycles. The highest BCUT2D eigenvalue weighted by Gasteiger charge is 2.15. The van der Waals surface area contributed by atoms with Crippen LogP contribution < -0.4 is 0 Å². The second-order valence-corrected chi connectivity index (χ2v) is 9.84. The molecule has 6 aromatic carbocycles. The zero-order valence-corrected chi connectivity index (χ0v) is 22.2. The molecule has 4 nitrogen and oxygen atoms in total. The highest BCUT2D eigenvalue weighted by Crippen LogP contribution is 2.35. The standard InChI is InChI=1S/C37H25N3O/c38-36(28-19-21-32-34(23-28)41-33-22-20-27-15-7-8-17-30(27)35(32)33)40-37(39-24-25-11-3-1-4-12-25)31-18-10-9-16-29(31)26-13-5-2-6-14-26/h1-24,38H. The quantitative estimate of drug-likeness (QED) is 0.180. The Morgan fingerprint density at radius 1 is 0.634 bits per heavy atom. The van der Waals surface area contributed by atoms with Crippen molar-refractivity contribution in [3.63, 3.8) is 0 Å². The number of nitrogens with zero attached hydrogens (tertiary/aromatic N) is 2. The molecule has 0 unspecified atom stereocenters. The van der Waals surface area contributed by atoms with Crippen LogP contribution in [0.2, 0.25) is 0 Å². The third kappa shape index (κ3) is 4.72. The molecule has 194 valence electrons. The summed E-state index contributed by atoms with van der Waals surface area (Å²) in [7, 11) is 0. The number of fused-ring (bicyclic) bond motifs is 5. The molecule has 0 fully saturated rings. The molecule has 7 rings (SSSR count). The van der Waals surface area contributed by atoms with Gasteiger partial charge in [0.25, 0.3) is 0 Å². The van der Waals surface area contributed by atoms with Crippen LogP contribution in [0.4, 0.5) is 0 Å². The highest BCUT2D eigenvalue weighted by atomic mass is 16.3. The van der Waals surface area contributed by atoms with Crippen molar-refractivity contribution in [1.82, 2.24) is 0 Å². The highest BCUT2D eigenvalue weighted by molar-refractivity contribution is 6.20. The summed E-state index contributed by atoms with van der Waals surface area (Å²) in [6, 6.07) is 46.4. The minimum absolute atomic E-state index is 0.111. The molecule has 0 spiro atoms. The van der Waals surface area contributed by atoms with E-state index in [2.05, 4.69) is 36.4 Å². The zero-order chi connectivity index (χ0) is 27.6. The summed E-state index contributed by atoms with van der Waals surface area (Å²) in [4.78, 5) is 9.60. The normalized spacial score (nSPS) is 12.0. The Labute approximate surface area is 237 Å². The molecule has 0 aliphatic heterocycles. The van der Waals surface area contributed by atoms with Gasteiger partial charge in [0, 0.05) is 28.1 Å². The van der Waals surface area contributed by atoms with E-state index >= 15 is 0 Å². The lowest BCUT2D eigenvalue weighted by molar-refractivity contribution is 0.669. The molecule has 0 saturated heterocycles. The third-order valence-corrected chi connectivity index (χ3v) is 7.24. The summed E-state index contributed by atoms with van der Waals surface area (Å²) in [5.41, 5.74) is 6.10. The van der Waals surface area contributed by atoms with Gasteiger partial charge in [-0.15, -0.1) is 0 Å². The van der Waals surface area contributed by atoms with E-state index in [0.29, 0.717) is 11.4 Å². The second kappa shape index (κ2) is 10.5. The molecule has 41 heavy (non-hydrogen) atoms. The summed E-state index contributed by atoms with van der Waals surface area (Å²) in [5, 5.41) is 13.4. The number of hydrogen-bond donors (Lipinski definition) is 1. The number of rotatable bonds is 4. The Morgan fingerprint density at radius 2 is 1.37 bits per heavy atom. The van der Waals surface area contributed by atoms with E-state index in [-0.39, 0.29) is 5.84 Å². The zero-order valence-electron chi connectivity index (χ0n) is 22.2. The van der Waals surface area contributed by atoms with Gasteiger partial charge < -0.3 is 4.42 Å². The number of furan rings is 1. The first-order valence-corrected chi connectivity index (χ1v) is 13.5. The lowest BCUT2D eigenvalue weighted by Crippen LogP contribution is -2.06. The first kappa shape index (κ1) is 24.4. The minimum Gasteiger partial charge on any atom is -0.456 e. The summed E-state index contributed by atoms with van der Waals surface area (Å²) in [5.74, 6) is 0.578. The average molecular weight is 528 g/mol. The van der Waals surface area contributed by atoms with Crippen molar-refractivity contribution < 1.29 is 4.42 Å². The van der Waals surface area contributed by atoms with Gasteiger partial charge in [0.1, 0.15) is 11.2 Å². The molecule has 0 bridgehead atoms. The maximum absolute atomic E-state index is 9.01. The van der Waals surface area contributed by atoms with Gasteiger partial charge in [-0.25, -0.2) is 9.98 Å².